The Hall–Kier alpha value is -2.04. The van der Waals surface area contributed by atoms with Crippen molar-refractivity contribution in [2.45, 2.75) is 32.7 Å². The van der Waals surface area contributed by atoms with Gasteiger partial charge in [0.2, 0.25) is 0 Å². The Morgan fingerprint density at radius 1 is 1.24 bits per heavy atom. The maximum atomic E-state index is 12.8. The highest BCUT2D eigenvalue weighted by Gasteiger charge is 2.36. The van der Waals surface area contributed by atoms with Crippen molar-refractivity contribution in [2.75, 3.05) is 18.0 Å². The number of anilines is 1. The van der Waals surface area contributed by atoms with Gasteiger partial charge in [0.15, 0.2) is 0 Å². The number of carbonyl (C=O) groups is 2. The molecule has 0 atom stereocenters. The molecule has 0 saturated heterocycles. The van der Waals surface area contributed by atoms with Crippen molar-refractivity contribution in [3.05, 3.63) is 30.3 Å². The summed E-state index contributed by atoms with van der Waals surface area (Å²) in [6.07, 6.45) is 2.02. The van der Waals surface area contributed by atoms with Crippen LogP contribution in [0.1, 0.15) is 26.7 Å². The van der Waals surface area contributed by atoms with Crippen LogP contribution >= 0.6 is 0 Å². The Labute approximate surface area is 125 Å². The van der Waals surface area contributed by atoms with Crippen molar-refractivity contribution in [1.29, 1.82) is 0 Å². The number of urea groups is 1. The summed E-state index contributed by atoms with van der Waals surface area (Å²) in [7, 11) is 0. The number of hydrogen-bond donors (Lipinski definition) is 1. The predicted octanol–water partition coefficient (Wildman–Crippen LogP) is 2.82. The summed E-state index contributed by atoms with van der Waals surface area (Å²) in [4.78, 5) is 27.1. The minimum Gasteiger partial charge on any atom is -0.480 e. The smallest absolute Gasteiger partial charge is 0.325 e. The van der Waals surface area contributed by atoms with Gasteiger partial charge in [-0.1, -0.05) is 32.0 Å². The molecule has 1 fully saturated rings. The molecule has 5 heteroatoms. The molecular formula is C16H22N2O3. The topological polar surface area (TPSA) is 60.9 Å². The molecule has 114 valence electrons. The second-order valence-electron chi connectivity index (χ2n) is 5.88. The van der Waals surface area contributed by atoms with E-state index in [-0.39, 0.29) is 18.6 Å². The largest absolute Gasteiger partial charge is 0.480 e. The number of aliphatic carboxylic acids is 1. The van der Waals surface area contributed by atoms with Crippen LogP contribution in [-0.2, 0) is 4.79 Å². The van der Waals surface area contributed by atoms with E-state index < -0.39 is 5.97 Å². The quantitative estimate of drug-likeness (QED) is 0.876. The van der Waals surface area contributed by atoms with Crippen LogP contribution in [0.3, 0.4) is 0 Å². The summed E-state index contributed by atoms with van der Waals surface area (Å²) in [5, 5.41) is 9.10. The van der Waals surface area contributed by atoms with E-state index in [2.05, 4.69) is 13.8 Å². The maximum absolute atomic E-state index is 12.8. The van der Waals surface area contributed by atoms with E-state index in [0.717, 1.165) is 12.8 Å². The third kappa shape index (κ3) is 4.21. The first kappa shape index (κ1) is 15.4. The van der Waals surface area contributed by atoms with Crippen LogP contribution in [-0.4, -0.2) is 41.1 Å². The Kier molecular flexibility index (Phi) is 4.83. The van der Waals surface area contributed by atoms with E-state index >= 15 is 0 Å². The summed E-state index contributed by atoms with van der Waals surface area (Å²) >= 11 is 0. The predicted molar refractivity (Wildman–Crippen MR) is 81.4 cm³/mol. The monoisotopic (exact) mass is 290 g/mol. The number of carboxylic acids is 1. The third-order valence-corrected chi connectivity index (χ3v) is 3.39. The molecule has 0 bridgehead atoms. The van der Waals surface area contributed by atoms with Crippen LogP contribution < -0.4 is 4.90 Å². The Morgan fingerprint density at radius 3 is 2.33 bits per heavy atom. The van der Waals surface area contributed by atoms with Gasteiger partial charge in [0, 0.05) is 18.3 Å². The van der Waals surface area contributed by atoms with Crippen molar-refractivity contribution < 1.29 is 14.7 Å². The number of rotatable bonds is 6. The van der Waals surface area contributed by atoms with Crippen molar-refractivity contribution in [1.82, 2.24) is 4.90 Å². The van der Waals surface area contributed by atoms with Crippen LogP contribution in [0.5, 0.6) is 0 Å². The van der Waals surface area contributed by atoms with Gasteiger partial charge >= 0.3 is 12.0 Å². The number of benzene rings is 1. The van der Waals surface area contributed by atoms with Crippen LogP contribution in [0.2, 0.25) is 0 Å². The van der Waals surface area contributed by atoms with Gasteiger partial charge in [0.25, 0.3) is 0 Å². The number of carbonyl (C=O) groups excluding carboxylic acids is 1. The maximum Gasteiger partial charge on any atom is 0.325 e. The molecule has 0 aromatic heterocycles. The van der Waals surface area contributed by atoms with E-state index in [1.54, 1.807) is 24.3 Å². The van der Waals surface area contributed by atoms with Gasteiger partial charge in [-0.25, -0.2) is 4.79 Å². The lowest BCUT2D eigenvalue weighted by molar-refractivity contribution is -0.135. The van der Waals surface area contributed by atoms with Gasteiger partial charge in [0.1, 0.15) is 6.54 Å². The highest BCUT2D eigenvalue weighted by Crippen LogP contribution is 2.29. The summed E-state index contributed by atoms with van der Waals surface area (Å²) in [5.41, 5.74) is 0.624. The molecule has 2 rings (SSSR count). The van der Waals surface area contributed by atoms with Crippen molar-refractivity contribution in [3.8, 4) is 0 Å². The van der Waals surface area contributed by atoms with E-state index in [9.17, 15) is 9.59 Å². The van der Waals surface area contributed by atoms with Crippen LogP contribution in [0.25, 0.3) is 0 Å². The average molecular weight is 290 g/mol. The molecule has 2 amide bonds. The van der Waals surface area contributed by atoms with Crippen molar-refractivity contribution in [2.24, 2.45) is 5.92 Å². The summed E-state index contributed by atoms with van der Waals surface area (Å²) in [5.74, 6) is -0.649. The zero-order chi connectivity index (χ0) is 15.4. The number of hydrogen-bond acceptors (Lipinski definition) is 2. The van der Waals surface area contributed by atoms with Gasteiger partial charge in [-0.05, 0) is 30.9 Å². The molecule has 1 aliphatic rings. The normalized spacial score (nSPS) is 14.0. The number of para-hydroxylation sites is 1. The average Bonchev–Trinajstić information content (AvgIpc) is 3.26. The minimum atomic E-state index is -1.01. The molecule has 0 aliphatic heterocycles. The fraction of sp³-hybridized carbons (Fsp3) is 0.500. The number of carboxylic acid groups (broad SMARTS) is 1. The fourth-order valence-corrected chi connectivity index (χ4v) is 2.33. The molecule has 1 N–H and O–H groups in total. The molecule has 1 saturated carbocycles. The van der Waals surface area contributed by atoms with Gasteiger partial charge in [0.05, 0.1) is 0 Å². The molecule has 5 nitrogen and oxygen atoms in total. The molecule has 0 radical (unpaired) electrons. The minimum absolute atomic E-state index is 0.209. The van der Waals surface area contributed by atoms with E-state index in [0.29, 0.717) is 18.2 Å². The lowest BCUT2D eigenvalue weighted by atomic mass is 10.2. The van der Waals surface area contributed by atoms with Gasteiger partial charge in [-0.15, -0.1) is 0 Å². The van der Waals surface area contributed by atoms with Crippen LogP contribution in [0, 0.1) is 5.92 Å². The van der Waals surface area contributed by atoms with Gasteiger partial charge < -0.3 is 10.0 Å². The SMILES string of the molecule is CC(C)CN(C(=O)N(CC(=O)O)c1ccccc1)C1CC1. The van der Waals surface area contributed by atoms with Crippen molar-refractivity contribution >= 4 is 17.7 Å². The zero-order valence-electron chi connectivity index (χ0n) is 12.5. The standard InChI is InChI=1S/C16H22N2O3/c1-12(2)10-17(14-8-9-14)16(21)18(11-15(19)20)13-6-4-3-5-7-13/h3-7,12,14H,8-11H2,1-2H3,(H,19,20). The van der Waals surface area contributed by atoms with E-state index in [1.807, 2.05) is 11.0 Å². The first-order valence-electron chi connectivity index (χ1n) is 7.34. The van der Waals surface area contributed by atoms with Crippen LogP contribution in [0.15, 0.2) is 30.3 Å². The molecule has 0 spiro atoms. The molecule has 21 heavy (non-hydrogen) atoms. The number of amides is 2. The van der Waals surface area contributed by atoms with Crippen LogP contribution in [0.4, 0.5) is 10.5 Å². The zero-order valence-corrected chi connectivity index (χ0v) is 12.5. The van der Waals surface area contributed by atoms with Gasteiger partial charge in [-0.3, -0.25) is 9.69 Å². The molecule has 0 unspecified atom stereocenters. The Balaban J connectivity index is 2.22. The lowest BCUT2D eigenvalue weighted by Crippen LogP contribution is -2.47. The summed E-state index contributed by atoms with van der Waals surface area (Å²) in [6.45, 7) is 4.47. The van der Waals surface area contributed by atoms with Gasteiger partial charge in [-0.2, -0.15) is 0 Å². The first-order chi connectivity index (χ1) is 9.99. The third-order valence-electron chi connectivity index (χ3n) is 3.39. The highest BCUT2D eigenvalue weighted by atomic mass is 16.4. The second kappa shape index (κ2) is 6.61. The molecular weight excluding hydrogens is 268 g/mol. The number of nitrogens with zero attached hydrogens (tertiary/aromatic N) is 2. The lowest BCUT2D eigenvalue weighted by Gasteiger charge is -2.31. The Bertz CT molecular complexity index is 498. The highest BCUT2D eigenvalue weighted by molar-refractivity contribution is 5.96. The van der Waals surface area contributed by atoms with E-state index in [1.165, 1.54) is 4.90 Å². The molecule has 1 aromatic carbocycles. The Morgan fingerprint density at radius 2 is 1.86 bits per heavy atom. The van der Waals surface area contributed by atoms with Crippen molar-refractivity contribution in [3.63, 3.8) is 0 Å². The fourth-order valence-electron chi connectivity index (χ4n) is 2.33. The second-order valence-corrected chi connectivity index (χ2v) is 5.88. The summed E-state index contributed by atoms with van der Waals surface area (Å²) in [6, 6.07) is 9.05. The molecule has 0 heterocycles. The molecule has 1 aliphatic carbocycles. The molecule has 1 aromatic rings. The first-order valence-corrected chi connectivity index (χ1v) is 7.34. The van der Waals surface area contributed by atoms with E-state index in [4.69, 9.17) is 5.11 Å². The summed E-state index contributed by atoms with van der Waals surface area (Å²) < 4.78 is 0.